The maximum atomic E-state index is 11.5. The number of nitrogen functional groups attached to an aromatic ring is 1. The number of ether oxygens (including phenoxy) is 1. The van der Waals surface area contributed by atoms with Gasteiger partial charge in [0, 0.05) is 31.0 Å². The van der Waals surface area contributed by atoms with Crippen molar-refractivity contribution in [2.45, 2.75) is 25.8 Å². The van der Waals surface area contributed by atoms with Crippen LogP contribution in [0.15, 0.2) is 6.07 Å². The van der Waals surface area contributed by atoms with E-state index in [1.807, 2.05) is 6.92 Å². The van der Waals surface area contributed by atoms with Gasteiger partial charge < -0.3 is 15.4 Å². The standard InChI is InChI=1S/C13H16ClN7O3/c1-7-6-9(19-18-7)20(8-2-4-24-5-3-8)12-10(21(22)23)11(15)16-13(14)17-12/h6,8H,2-5H2,1H3,(H,18,19)(H2,15,16,17). The van der Waals surface area contributed by atoms with Crippen LogP contribution in [0.4, 0.5) is 23.1 Å². The Kier molecular flexibility index (Phi) is 4.49. The second-order valence-corrected chi connectivity index (χ2v) is 5.77. The van der Waals surface area contributed by atoms with E-state index in [1.54, 1.807) is 11.0 Å². The van der Waals surface area contributed by atoms with Crippen molar-refractivity contribution in [2.75, 3.05) is 23.8 Å². The third kappa shape index (κ3) is 3.10. The Hall–Kier alpha value is -2.46. The van der Waals surface area contributed by atoms with Crippen LogP contribution in [0.2, 0.25) is 5.28 Å². The van der Waals surface area contributed by atoms with Gasteiger partial charge in [0.1, 0.15) is 0 Å². The average Bonchev–Trinajstić information content (AvgIpc) is 2.93. The minimum Gasteiger partial charge on any atom is -0.381 e. The third-order valence-electron chi connectivity index (χ3n) is 3.77. The summed E-state index contributed by atoms with van der Waals surface area (Å²) in [6.07, 6.45) is 1.34. The summed E-state index contributed by atoms with van der Waals surface area (Å²) < 4.78 is 5.38. The van der Waals surface area contributed by atoms with Gasteiger partial charge in [-0.2, -0.15) is 15.1 Å². The van der Waals surface area contributed by atoms with Crippen molar-refractivity contribution < 1.29 is 9.66 Å². The molecular weight excluding hydrogens is 338 g/mol. The number of nitrogens with two attached hydrogens (primary N) is 1. The Balaban J connectivity index is 2.16. The molecule has 10 nitrogen and oxygen atoms in total. The fourth-order valence-corrected chi connectivity index (χ4v) is 2.89. The lowest BCUT2D eigenvalue weighted by Gasteiger charge is -2.33. The molecule has 0 atom stereocenters. The summed E-state index contributed by atoms with van der Waals surface area (Å²) in [5, 5.41) is 18.4. The number of halogens is 1. The van der Waals surface area contributed by atoms with Crippen molar-refractivity contribution in [1.82, 2.24) is 20.2 Å². The first kappa shape index (κ1) is 16.4. The first-order chi connectivity index (χ1) is 11.5. The second kappa shape index (κ2) is 6.57. The number of hydrogen-bond acceptors (Lipinski definition) is 8. The van der Waals surface area contributed by atoms with E-state index in [-0.39, 0.29) is 28.6 Å². The Morgan fingerprint density at radius 2 is 2.17 bits per heavy atom. The molecule has 1 aliphatic rings. The van der Waals surface area contributed by atoms with Crippen LogP contribution in [0.5, 0.6) is 0 Å². The van der Waals surface area contributed by atoms with Gasteiger partial charge in [-0.1, -0.05) is 0 Å². The van der Waals surface area contributed by atoms with Crippen LogP contribution in [-0.4, -0.2) is 44.3 Å². The van der Waals surface area contributed by atoms with Crippen LogP contribution in [0.3, 0.4) is 0 Å². The number of anilines is 3. The lowest BCUT2D eigenvalue weighted by Crippen LogP contribution is -2.37. The summed E-state index contributed by atoms with van der Waals surface area (Å²) in [6, 6.07) is 1.70. The van der Waals surface area contributed by atoms with E-state index in [9.17, 15) is 10.1 Å². The van der Waals surface area contributed by atoms with E-state index in [2.05, 4.69) is 20.2 Å². The highest BCUT2D eigenvalue weighted by Gasteiger charge is 2.34. The molecule has 0 aromatic carbocycles. The van der Waals surface area contributed by atoms with E-state index in [1.165, 1.54) is 0 Å². The molecule has 2 aromatic heterocycles. The molecule has 128 valence electrons. The SMILES string of the molecule is Cc1cc(N(c2nc(Cl)nc(N)c2[N+](=O)[O-])C2CCOCC2)n[nH]1. The van der Waals surface area contributed by atoms with Gasteiger partial charge in [-0.05, 0) is 31.4 Å². The van der Waals surface area contributed by atoms with Crippen molar-refractivity contribution in [3.05, 3.63) is 27.2 Å². The molecule has 0 saturated carbocycles. The first-order valence-corrected chi connectivity index (χ1v) is 7.71. The maximum absolute atomic E-state index is 11.5. The molecule has 0 spiro atoms. The number of rotatable bonds is 4. The smallest absolute Gasteiger partial charge is 0.353 e. The summed E-state index contributed by atoms with van der Waals surface area (Å²) in [5.41, 5.74) is 6.15. The topological polar surface area (TPSA) is 136 Å². The number of H-pyrrole nitrogens is 1. The molecule has 1 fully saturated rings. The second-order valence-electron chi connectivity index (χ2n) is 5.43. The Labute approximate surface area is 142 Å². The van der Waals surface area contributed by atoms with Crippen molar-refractivity contribution in [1.29, 1.82) is 0 Å². The first-order valence-electron chi connectivity index (χ1n) is 7.33. The van der Waals surface area contributed by atoms with E-state index in [0.717, 1.165) is 5.69 Å². The van der Waals surface area contributed by atoms with Crippen LogP contribution >= 0.6 is 11.6 Å². The molecule has 0 radical (unpaired) electrons. The number of nitrogens with zero attached hydrogens (tertiary/aromatic N) is 5. The van der Waals surface area contributed by atoms with Crippen molar-refractivity contribution in [3.8, 4) is 0 Å². The fraction of sp³-hybridized carbons (Fsp3) is 0.462. The highest BCUT2D eigenvalue weighted by Crippen LogP contribution is 2.38. The highest BCUT2D eigenvalue weighted by molar-refractivity contribution is 6.28. The van der Waals surface area contributed by atoms with E-state index in [4.69, 9.17) is 22.1 Å². The van der Waals surface area contributed by atoms with Crippen LogP contribution in [0.25, 0.3) is 0 Å². The van der Waals surface area contributed by atoms with Crippen LogP contribution in [0, 0.1) is 17.0 Å². The zero-order valence-corrected chi connectivity index (χ0v) is 13.7. The Bertz CT molecular complexity index is 760. The number of aryl methyl sites for hydroxylation is 1. The lowest BCUT2D eigenvalue weighted by atomic mass is 10.1. The largest absolute Gasteiger partial charge is 0.381 e. The molecule has 0 aliphatic carbocycles. The van der Waals surface area contributed by atoms with Gasteiger partial charge >= 0.3 is 5.69 Å². The van der Waals surface area contributed by atoms with E-state index >= 15 is 0 Å². The van der Waals surface area contributed by atoms with Gasteiger partial charge in [0.2, 0.25) is 16.9 Å². The molecule has 3 N–H and O–H groups in total. The quantitative estimate of drug-likeness (QED) is 0.483. The average molecular weight is 354 g/mol. The molecule has 0 amide bonds. The summed E-state index contributed by atoms with van der Waals surface area (Å²) in [7, 11) is 0. The molecule has 24 heavy (non-hydrogen) atoms. The van der Waals surface area contributed by atoms with E-state index < -0.39 is 4.92 Å². The molecule has 3 rings (SSSR count). The van der Waals surface area contributed by atoms with Crippen molar-refractivity contribution in [2.24, 2.45) is 0 Å². The van der Waals surface area contributed by atoms with Crippen LogP contribution in [-0.2, 0) is 4.74 Å². The zero-order valence-electron chi connectivity index (χ0n) is 12.9. The highest BCUT2D eigenvalue weighted by atomic mass is 35.5. The van der Waals surface area contributed by atoms with Crippen LogP contribution < -0.4 is 10.6 Å². The molecule has 1 saturated heterocycles. The van der Waals surface area contributed by atoms with Crippen molar-refractivity contribution in [3.63, 3.8) is 0 Å². The summed E-state index contributed by atoms with van der Waals surface area (Å²) >= 11 is 5.90. The molecule has 3 heterocycles. The molecule has 11 heteroatoms. The monoisotopic (exact) mass is 353 g/mol. The molecule has 1 aliphatic heterocycles. The van der Waals surface area contributed by atoms with Crippen molar-refractivity contribution >= 4 is 34.7 Å². The number of hydrogen-bond donors (Lipinski definition) is 2. The van der Waals surface area contributed by atoms with Gasteiger partial charge in [0.15, 0.2) is 5.82 Å². The Morgan fingerprint density at radius 3 is 2.75 bits per heavy atom. The molecule has 0 bridgehead atoms. The zero-order chi connectivity index (χ0) is 17.3. The Morgan fingerprint density at radius 1 is 1.46 bits per heavy atom. The van der Waals surface area contributed by atoms with Gasteiger partial charge in [0.25, 0.3) is 0 Å². The van der Waals surface area contributed by atoms with Gasteiger partial charge in [0.05, 0.1) is 4.92 Å². The van der Waals surface area contributed by atoms with Crippen LogP contribution in [0.1, 0.15) is 18.5 Å². The molecular formula is C13H16ClN7O3. The molecule has 2 aromatic rings. The van der Waals surface area contributed by atoms with Gasteiger partial charge in [-0.3, -0.25) is 15.2 Å². The lowest BCUT2D eigenvalue weighted by molar-refractivity contribution is -0.383. The summed E-state index contributed by atoms with van der Waals surface area (Å²) in [6.45, 7) is 2.94. The fourth-order valence-electron chi connectivity index (χ4n) is 2.71. The number of nitrogens with one attached hydrogen (secondary N) is 1. The normalized spacial score (nSPS) is 15.4. The minimum atomic E-state index is -0.604. The minimum absolute atomic E-state index is 0.0379. The van der Waals surface area contributed by atoms with Gasteiger partial charge in [-0.15, -0.1) is 0 Å². The number of aromatic amines is 1. The van der Waals surface area contributed by atoms with E-state index in [0.29, 0.717) is 31.9 Å². The number of aromatic nitrogens is 4. The predicted octanol–water partition coefficient (Wildman–Crippen LogP) is 1.97. The summed E-state index contributed by atoms with van der Waals surface area (Å²) in [4.78, 5) is 20.4. The summed E-state index contributed by atoms with van der Waals surface area (Å²) in [5.74, 6) is 0.270. The maximum Gasteiger partial charge on any atom is 0.353 e. The third-order valence-corrected chi connectivity index (χ3v) is 3.94. The van der Waals surface area contributed by atoms with Gasteiger partial charge in [-0.25, -0.2) is 0 Å². The molecule has 0 unspecified atom stereocenters. The predicted molar refractivity (Wildman–Crippen MR) is 87.4 cm³/mol. The number of nitro groups is 1.